The molecule has 0 bridgehead atoms. The zero-order valence-electron chi connectivity index (χ0n) is 19.1. The van der Waals surface area contributed by atoms with Gasteiger partial charge in [-0.1, -0.05) is 13.0 Å². The maximum atomic E-state index is 11.8. The lowest BCUT2D eigenvalue weighted by Gasteiger charge is -2.36. The van der Waals surface area contributed by atoms with Gasteiger partial charge in [-0.25, -0.2) is 14.1 Å². The molecule has 1 aromatic heterocycles. The van der Waals surface area contributed by atoms with Gasteiger partial charge in [-0.05, 0) is 64.1 Å². The Morgan fingerprint density at radius 1 is 1.32 bits per heavy atom. The summed E-state index contributed by atoms with van der Waals surface area (Å²) in [7, 11) is 0. The van der Waals surface area contributed by atoms with Gasteiger partial charge in [0, 0.05) is 42.2 Å². The van der Waals surface area contributed by atoms with Gasteiger partial charge in [0.25, 0.3) is 0 Å². The Kier molecular flexibility index (Phi) is 8.76. The van der Waals surface area contributed by atoms with Gasteiger partial charge >= 0.3 is 6.09 Å². The normalized spacial score (nSPS) is 17.1. The van der Waals surface area contributed by atoms with Crippen LogP contribution in [0.2, 0.25) is 0 Å². The molecule has 1 aliphatic heterocycles. The molecule has 0 aliphatic carbocycles. The van der Waals surface area contributed by atoms with Gasteiger partial charge < -0.3 is 20.5 Å². The summed E-state index contributed by atoms with van der Waals surface area (Å²) in [5, 5.41) is 2.73. The number of nitrogens with one attached hydrogen (secondary N) is 1. The van der Waals surface area contributed by atoms with Crippen LogP contribution in [0, 0.1) is 5.41 Å². The van der Waals surface area contributed by atoms with E-state index in [4.69, 9.17) is 15.2 Å². The van der Waals surface area contributed by atoms with E-state index in [2.05, 4.69) is 14.6 Å². The highest BCUT2D eigenvalue weighted by Crippen LogP contribution is 2.35. The number of allylic oxidation sites excluding steroid dienone is 1. The maximum Gasteiger partial charge on any atom is 0.407 e. The van der Waals surface area contributed by atoms with Gasteiger partial charge in [0.15, 0.2) is 0 Å². The third-order valence-corrected chi connectivity index (χ3v) is 6.11. The van der Waals surface area contributed by atoms with Gasteiger partial charge in [0.1, 0.15) is 12.2 Å². The lowest BCUT2D eigenvalue weighted by Crippen LogP contribution is -2.43. The predicted octanol–water partition coefficient (Wildman–Crippen LogP) is 3.53. The van der Waals surface area contributed by atoms with Crippen LogP contribution in [-0.4, -0.2) is 53.1 Å². The molecule has 1 aromatic rings. The highest BCUT2D eigenvalue weighted by molar-refractivity contribution is 7.97. The van der Waals surface area contributed by atoms with Gasteiger partial charge in [0.2, 0.25) is 11.8 Å². The Morgan fingerprint density at radius 2 is 2.00 bits per heavy atom. The fourth-order valence-corrected chi connectivity index (χ4v) is 3.77. The molecule has 0 radical (unpaired) electrons. The summed E-state index contributed by atoms with van der Waals surface area (Å²) in [6.07, 6.45) is 4.73. The van der Waals surface area contributed by atoms with Crippen LogP contribution in [0.4, 0.5) is 4.79 Å². The molecule has 2 heterocycles. The quantitative estimate of drug-likeness (QED) is 0.461. The van der Waals surface area contributed by atoms with Crippen molar-refractivity contribution in [1.29, 1.82) is 0 Å². The number of primary amides is 1. The van der Waals surface area contributed by atoms with Crippen molar-refractivity contribution < 1.29 is 19.1 Å². The summed E-state index contributed by atoms with van der Waals surface area (Å²) in [5.74, 6) is 0.294. The van der Waals surface area contributed by atoms with E-state index in [0.717, 1.165) is 36.4 Å². The Bertz CT molecular complexity index is 782. The molecule has 2 rings (SSSR count). The Balaban J connectivity index is 1.76. The summed E-state index contributed by atoms with van der Waals surface area (Å²) < 4.78 is 13.2. The van der Waals surface area contributed by atoms with Crippen LogP contribution in [0.25, 0.3) is 0 Å². The summed E-state index contributed by atoms with van der Waals surface area (Å²) >= 11 is 1.62. The van der Waals surface area contributed by atoms with E-state index < -0.39 is 17.1 Å². The number of alkyl carbamates (subject to hydrolysis) is 1. The average Bonchev–Trinajstić information content (AvgIpc) is 2.69. The van der Waals surface area contributed by atoms with E-state index in [1.54, 1.807) is 18.1 Å². The van der Waals surface area contributed by atoms with Crippen LogP contribution < -0.4 is 15.8 Å². The fraction of sp³-hybridized carbons (Fsp3) is 0.591. The number of hydrogen-bond donors (Lipinski definition) is 2. The molecular formula is C22H34N4O4S. The standard InChI is InChI=1S/C22H34N4O4S/c1-6-16(13-25-20(28)30-21(2,3)4)15-29-18-8-7-17(14-24-18)31-26-11-9-22(5,10-12-26)19(23)27/h6-8,14H,9-13,15H2,1-5H3,(H2,23,27)(H,25,28)/b16-6+. The molecule has 0 unspecified atom stereocenters. The van der Waals surface area contributed by atoms with Crippen molar-refractivity contribution in [1.82, 2.24) is 14.6 Å². The number of piperidine rings is 1. The summed E-state index contributed by atoms with van der Waals surface area (Å²) in [6, 6.07) is 3.79. The van der Waals surface area contributed by atoms with Gasteiger partial charge in [-0.3, -0.25) is 4.79 Å². The molecule has 31 heavy (non-hydrogen) atoms. The number of carbonyl (C=O) groups excluding carboxylic acids is 2. The molecule has 9 heteroatoms. The monoisotopic (exact) mass is 450 g/mol. The summed E-state index contributed by atoms with van der Waals surface area (Å²) in [6.45, 7) is 11.6. The molecule has 0 aromatic carbocycles. The minimum absolute atomic E-state index is 0.220. The molecule has 1 fully saturated rings. The lowest BCUT2D eigenvalue weighted by molar-refractivity contribution is -0.128. The second-order valence-corrected chi connectivity index (χ2v) is 10.0. The summed E-state index contributed by atoms with van der Waals surface area (Å²) in [4.78, 5) is 28.7. The second kappa shape index (κ2) is 10.9. The Hall–Kier alpha value is -2.26. The molecule has 1 aliphatic rings. The molecule has 8 nitrogen and oxygen atoms in total. The number of amides is 2. The van der Waals surface area contributed by atoms with Crippen molar-refractivity contribution in [3.05, 3.63) is 30.0 Å². The Labute approximate surface area is 189 Å². The topological polar surface area (TPSA) is 107 Å². The van der Waals surface area contributed by atoms with Crippen molar-refractivity contribution in [3.63, 3.8) is 0 Å². The van der Waals surface area contributed by atoms with Crippen molar-refractivity contribution in [2.75, 3.05) is 26.2 Å². The van der Waals surface area contributed by atoms with Crippen LogP contribution in [0.15, 0.2) is 34.9 Å². The minimum atomic E-state index is -0.532. The van der Waals surface area contributed by atoms with E-state index in [9.17, 15) is 9.59 Å². The van der Waals surface area contributed by atoms with Gasteiger partial charge in [0.05, 0.1) is 0 Å². The highest BCUT2D eigenvalue weighted by Gasteiger charge is 2.35. The molecule has 172 valence electrons. The van der Waals surface area contributed by atoms with Crippen molar-refractivity contribution in [2.45, 2.75) is 58.0 Å². The first-order valence-corrected chi connectivity index (χ1v) is 11.2. The zero-order chi connectivity index (χ0) is 23.1. The Morgan fingerprint density at radius 3 is 2.52 bits per heavy atom. The largest absolute Gasteiger partial charge is 0.473 e. The number of rotatable bonds is 8. The molecule has 0 spiro atoms. The number of hydrogen-bond acceptors (Lipinski definition) is 7. The fourth-order valence-electron chi connectivity index (χ4n) is 2.88. The van der Waals surface area contributed by atoms with Crippen LogP contribution in [0.1, 0.15) is 47.5 Å². The van der Waals surface area contributed by atoms with Gasteiger partial charge in [-0.2, -0.15) is 0 Å². The molecular weight excluding hydrogens is 416 g/mol. The zero-order valence-corrected chi connectivity index (χ0v) is 19.9. The van der Waals surface area contributed by atoms with Crippen LogP contribution in [-0.2, 0) is 9.53 Å². The molecule has 0 saturated carbocycles. The lowest BCUT2D eigenvalue weighted by atomic mass is 9.80. The van der Waals surface area contributed by atoms with E-state index >= 15 is 0 Å². The van der Waals surface area contributed by atoms with E-state index in [-0.39, 0.29) is 5.91 Å². The summed E-state index contributed by atoms with van der Waals surface area (Å²) in [5.41, 5.74) is 5.49. The SMILES string of the molecule is C/C=C(\CNC(=O)OC(C)(C)C)COc1ccc(SN2CCC(C)(C(N)=O)CC2)cn1. The number of pyridine rings is 1. The first kappa shape index (κ1) is 25.0. The van der Waals surface area contributed by atoms with Crippen molar-refractivity contribution >= 4 is 23.9 Å². The first-order chi connectivity index (χ1) is 14.5. The smallest absolute Gasteiger partial charge is 0.407 e. The number of ether oxygens (including phenoxy) is 2. The molecule has 2 amide bonds. The second-order valence-electron chi connectivity index (χ2n) is 8.87. The molecule has 3 N–H and O–H groups in total. The number of carbonyl (C=O) groups is 2. The van der Waals surface area contributed by atoms with E-state index in [1.165, 1.54) is 0 Å². The first-order valence-electron chi connectivity index (χ1n) is 10.4. The van der Waals surface area contributed by atoms with Crippen molar-refractivity contribution in [2.24, 2.45) is 11.1 Å². The molecule has 0 atom stereocenters. The predicted molar refractivity (Wildman–Crippen MR) is 122 cm³/mol. The maximum absolute atomic E-state index is 11.8. The van der Waals surface area contributed by atoms with Crippen LogP contribution in [0.3, 0.4) is 0 Å². The van der Waals surface area contributed by atoms with Crippen LogP contribution >= 0.6 is 11.9 Å². The van der Waals surface area contributed by atoms with Crippen LogP contribution in [0.5, 0.6) is 5.88 Å². The highest BCUT2D eigenvalue weighted by atomic mass is 32.2. The van der Waals surface area contributed by atoms with E-state index in [0.29, 0.717) is 19.0 Å². The third kappa shape index (κ3) is 8.41. The number of nitrogens with zero attached hydrogens (tertiary/aromatic N) is 2. The number of nitrogens with two attached hydrogens (primary N) is 1. The van der Waals surface area contributed by atoms with E-state index in [1.807, 2.05) is 52.8 Å². The average molecular weight is 451 g/mol. The minimum Gasteiger partial charge on any atom is -0.473 e. The van der Waals surface area contributed by atoms with Gasteiger partial charge in [-0.15, -0.1) is 0 Å². The van der Waals surface area contributed by atoms with Crippen molar-refractivity contribution in [3.8, 4) is 5.88 Å². The third-order valence-electron chi connectivity index (χ3n) is 5.04. The number of aromatic nitrogens is 1. The molecule has 1 saturated heterocycles.